The van der Waals surface area contributed by atoms with Crippen LogP contribution in [0.5, 0.6) is 0 Å². The Balaban J connectivity index is 2.00. The third-order valence-electron chi connectivity index (χ3n) is 3.46. The predicted octanol–water partition coefficient (Wildman–Crippen LogP) is 4.52. The van der Waals surface area contributed by atoms with Crippen LogP contribution in [0.3, 0.4) is 0 Å². The fourth-order valence-corrected chi connectivity index (χ4v) is 3.13. The van der Waals surface area contributed by atoms with Gasteiger partial charge < -0.3 is 4.74 Å². The van der Waals surface area contributed by atoms with Crippen molar-refractivity contribution in [3.8, 4) is 11.1 Å². The number of methoxy groups -OCH3 is 1. The highest BCUT2D eigenvalue weighted by atomic mass is 35.5. The van der Waals surface area contributed by atoms with Gasteiger partial charge in [0.1, 0.15) is 0 Å². The van der Waals surface area contributed by atoms with Gasteiger partial charge in [0.2, 0.25) is 5.12 Å². The van der Waals surface area contributed by atoms with Crippen LogP contribution >= 0.6 is 23.5 Å². The summed E-state index contributed by atoms with van der Waals surface area (Å²) in [6, 6.07) is 13.8. The number of benzene rings is 2. The first kappa shape index (κ1) is 15.3. The Kier molecular flexibility index (Phi) is 4.62. The minimum Gasteiger partial charge on any atom is -0.380 e. The summed E-state index contributed by atoms with van der Waals surface area (Å²) in [6.45, 7) is 0.500. The minimum absolute atomic E-state index is 0.0880. The van der Waals surface area contributed by atoms with E-state index >= 15 is 0 Å². The van der Waals surface area contributed by atoms with Gasteiger partial charge in [0.25, 0.3) is 0 Å². The van der Waals surface area contributed by atoms with Crippen molar-refractivity contribution in [2.45, 2.75) is 13.0 Å². The summed E-state index contributed by atoms with van der Waals surface area (Å²) >= 11 is 6.98. The largest absolute Gasteiger partial charge is 0.380 e. The second-order valence-electron chi connectivity index (χ2n) is 4.99. The molecule has 22 heavy (non-hydrogen) atoms. The highest BCUT2D eigenvalue weighted by Gasteiger charge is 2.18. The Labute approximate surface area is 138 Å². The van der Waals surface area contributed by atoms with Crippen molar-refractivity contribution in [2.75, 3.05) is 7.11 Å². The third kappa shape index (κ3) is 3.24. The molecule has 1 heterocycles. The summed E-state index contributed by atoms with van der Waals surface area (Å²) in [5.74, 6) is 0. The molecule has 3 nitrogen and oxygen atoms in total. The third-order valence-corrected chi connectivity index (χ3v) is 4.37. The number of carbonyl (C=O) groups is 1. The number of rotatable bonds is 4. The quantitative estimate of drug-likeness (QED) is 0.773. The molecule has 0 amide bonds. The predicted molar refractivity (Wildman–Crippen MR) is 91.4 cm³/mol. The second kappa shape index (κ2) is 6.65. The fraction of sp³-hybridized carbons (Fsp3) is 0.176. The van der Waals surface area contributed by atoms with E-state index < -0.39 is 0 Å². The number of carbonyl (C=O) groups excluding carboxylic acids is 1. The molecule has 0 N–H and O–H groups in total. The van der Waals surface area contributed by atoms with Crippen LogP contribution in [0, 0.1) is 0 Å². The summed E-state index contributed by atoms with van der Waals surface area (Å²) in [4.78, 5) is 11.4. The lowest BCUT2D eigenvalue weighted by molar-refractivity contribution is -0.109. The van der Waals surface area contributed by atoms with Crippen molar-refractivity contribution in [3.63, 3.8) is 0 Å². The van der Waals surface area contributed by atoms with E-state index in [1.807, 2.05) is 42.5 Å². The average Bonchev–Trinajstić information content (AvgIpc) is 2.95. The lowest BCUT2D eigenvalue weighted by Crippen LogP contribution is -2.02. The fourth-order valence-electron chi connectivity index (χ4n) is 2.42. The SMILES string of the molecule is COCc1cc(C2=NSC(=O)C2)ccc1-c1ccc(Cl)cc1. The van der Waals surface area contributed by atoms with Crippen LogP contribution in [-0.4, -0.2) is 17.9 Å². The Morgan fingerprint density at radius 1 is 1.18 bits per heavy atom. The Morgan fingerprint density at radius 3 is 2.55 bits per heavy atom. The van der Waals surface area contributed by atoms with Gasteiger partial charge in [0, 0.05) is 12.1 Å². The summed E-state index contributed by atoms with van der Waals surface area (Å²) in [6.07, 6.45) is 0.386. The summed E-state index contributed by atoms with van der Waals surface area (Å²) in [5, 5.41) is 0.801. The van der Waals surface area contributed by atoms with Gasteiger partial charge in [-0.1, -0.05) is 35.9 Å². The first-order valence-electron chi connectivity index (χ1n) is 6.82. The minimum atomic E-state index is 0.0880. The highest BCUT2D eigenvalue weighted by Crippen LogP contribution is 2.29. The van der Waals surface area contributed by atoms with Gasteiger partial charge in [-0.15, -0.1) is 0 Å². The van der Waals surface area contributed by atoms with Gasteiger partial charge >= 0.3 is 0 Å². The van der Waals surface area contributed by atoms with E-state index in [1.54, 1.807) is 7.11 Å². The van der Waals surface area contributed by atoms with Crippen LogP contribution in [0.15, 0.2) is 46.9 Å². The van der Waals surface area contributed by atoms with Crippen LogP contribution in [0.1, 0.15) is 17.5 Å². The molecule has 3 rings (SSSR count). The molecule has 5 heteroatoms. The molecule has 1 aliphatic rings. The number of hydrogen-bond acceptors (Lipinski definition) is 4. The van der Waals surface area contributed by atoms with Crippen LogP contribution in [0.4, 0.5) is 0 Å². The molecule has 0 fully saturated rings. The number of ether oxygens (including phenoxy) is 1. The van der Waals surface area contributed by atoms with E-state index in [0.717, 1.165) is 39.9 Å². The zero-order chi connectivity index (χ0) is 15.5. The van der Waals surface area contributed by atoms with Crippen molar-refractivity contribution < 1.29 is 9.53 Å². The van der Waals surface area contributed by atoms with E-state index in [2.05, 4.69) is 4.40 Å². The van der Waals surface area contributed by atoms with Gasteiger partial charge in [-0.05, 0) is 40.5 Å². The van der Waals surface area contributed by atoms with E-state index in [4.69, 9.17) is 16.3 Å². The van der Waals surface area contributed by atoms with Crippen molar-refractivity contribution in [1.82, 2.24) is 0 Å². The van der Waals surface area contributed by atoms with Gasteiger partial charge in [0.15, 0.2) is 0 Å². The second-order valence-corrected chi connectivity index (χ2v) is 6.25. The zero-order valence-corrected chi connectivity index (χ0v) is 13.6. The molecule has 0 atom stereocenters. The lowest BCUT2D eigenvalue weighted by atomic mass is 9.96. The van der Waals surface area contributed by atoms with Gasteiger partial charge in [-0.25, -0.2) is 4.40 Å². The van der Waals surface area contributed by atoms with Gasteiger partial charge in [0.05, 0.1) is 30.7 Å². The van der Waals surface area contributed by atoms with Crippen LogP contribution in [0.2, 0.25) is 5.02 Å². The van der Waals surface area contributed by atoms with Crippen molar-refractivity contribution in [1.29, 1.82) is 0 Å². The maximum Gasteiger partial charge on any atom is 0.217 e. The molecule has 0 unspecified atom stereocenters. The standard InChI is InChI=1S/C17H14ClNO2S/c1-21-10-13-8-12(16-9-17(20)22-19-16)4-7-15(13)11-2-5-14(18)6-3-11/h2-8H,9-10H2,1H3. The van der Waals surface area contributed by atoms with E-state index in [-0.39, 0.29) is 5.12 Å². The van der Waals surface area contributed by atoms with E-state index in [9.17, 15) is 4.79 Å². The molecule has 0 spiro atoms. The topological polar surface area (TPSA) is 38.7 Å². The summed E-state index contributed by atoms with van der Waals surface area (Å²) < 4.78 is 9.54. The highest BCUT2D eigenvalue weighted by molar-refractivity contribution is 8.13. The molecule has 112 valence electrons. The zero-order valence-electron chi connectivity index (χ0n) is 12.0. The molecule has 0 aliphatic carbocycles. The number of halogens is 1. The van der Waals surface area contributed by atoms with Crippen LogP contribution in [-0.2, 0) is 16.1 Å². The Bertz CT molecular complexity index is 741. The Hall–Kier alpha value is -1.62. The molecule has 0 saturated carbocycles. The molecule has 1 aliphatic heterocycles. The summed E-state index contributed by atoms with van der Waals surface area (Å²) in [5.41, 5.74) is 5.05. The van der Waals surface area contributed by atoms with Crippen LogP contribution in [0.25, 0.3) is 11.1 Å². The first-order valence-corrected chi connectivity index (χ1v) is 7.97. The maximum atomic E-state index is 11.4. The molecule has 2 aromatic rings. The summed E-state index contributed by atoms with van der Waals surface area (Å²) in [7, 11) is 1.67. The molecular weight excluding hydrogens is 318 g/mol. The van der Waals surface area contributed by atoms with E-state index in [1.165, 1.54) is 0 Å². The molecular formula is C17H14ClNO2S. The number of hydrogen-bond donors (Lipinski definition) is 0. The van der Waals surface area contributed by atoms with Gasteiger partial charge in [-0.3, -0.25) is 4.79 Å². The molecule has 0 aromatic heterocycles. The molecule has 0 saturated heterocycles. The average molecular weight is 332 g/mol. The molecule has 2 aromatic carbocycles. The normalized spacial score (nSPS) is 14.3. The molecule has 0 bridgehead atoms. The van der Waals surface area contributed by atoms with E-state index in [0.29, 0.717) is 18.1 Å². The van der Waals surface area contributed by atoms with Crippen LogP contribution < -0.4 is 0 Å². The van der Waals surface area contributed by atoms with Crippen molar-refractivity contribution in [3.05, 3.63) is 58.6 Å². The number of nitrogens with zero attached hydrogens (tertiary/aromatic N) is 1. The Morgan fingerprint density at radius 2 is 1.91 bits per heavy atom. The monoisotopic (exact) mass is 331 g/mol. The van der Waals surface area contributed by atoms with Gasteiger partial charge in [-0.2, -0.15) is 0 Å². The lowest BCUT2D eigenvalue weighted by Gasteiger charge is -2.12. The maximum absolute atomic E-state index is 11.4. The molecule has 0 radical (unpaired) electrons. The van der Waals surface area contributed by atoms with Crippen molar-refractivity contribution in [2.24, 2.45) is 4.40 Å². The first-order chi connectivity index (χ1) is 10.7. The smallest absolute Gasteiger partial charge is 0.217 e. The van der Waals surface area contributed by atoms with Crippen molar-refractivity contribution >= 4 is 34.4 Å².